The van der Waals surface area contributed by atoms with Crippen molar-refractivity contribution in [3.63, 3.8) is 0 Å². The zero-order valence-electron chi connectivity index (χ0n) is 11.1. The number of pyridine rings is 1. The van der Waals surface area contributed by atoms with Crippen LogP contribution in [0.2, 0.25) is 0 Å². The van der Waals surface area contributed by atoms with Crippen molar-refractivity contribution < 1.29 is 45.3 Å². The molecule has 0 N–H and O–H groups in total. The first-order chi connectivity index (χ1) is 10.0. The number of hydrogen-bond donors (Lipinski definition) is 0. The normalized spacial score (nSPS) is 12.0. The van der Waals surface area contributed by atoms with Gasteiger partial charge in [0, 0.05) is 0 Å². The van der Waals surface area contributed by atoms with E-state index in [4.69, 9.17) is 0 Å². The van der Waals surface area contributed by atoms with Crippen LogP contribution < -0.4 is 9.47 Å². The monoisotopic (exact) mass is 333 g/mol. The van der Waals surface area contributed by atoms with Crippen molar-refractivity contribution >= 4 is 5.97 Å². The molecule has 124 valence electrons. The highest BCUT2D eigenvalue weighted by molar-refractivity contribution is 5.90. The summed E-state index contributed by atoms with van der Waals surface area (Å²) in [5.41, 5.74) is -3.03. The number of rotatable bonds is 4. The molecule has 0 saturated heterocycles. The fraction of sp³-hybridized carbons (Fsp3) is 0.455. The molecule has 0 bridgehead atoms. The first kappa shape index (κ1) is 17.9. The SMILES string of the molecule is CCOC(=O)c1ncc(OC(F)(F)F)c(OC)c1C(F)(F)F. The molecule has 0 atom stereocenters. The van der Waals surface area contributed by atoms with E-state index in [0.717, 1.165) is 0 Å². The van der Waals surface area contributed by atoms with Gasteiger partial charge in [0.2, 0.25) is 0 Å². The van der Waals surface area contributed by atoms with Gasteiger partial charge in [0.05, 0.1) is 19.9 Å². The fourth-order valence-corrected chi connectivity index (χ4v) is 1.49. The van der Waals surface area contributed by atoms with Gasteiger partial charge in [-0.2, -0.15) is 13.2 Å². The maximum Gasteiger partial charge on any atom is 0.573 e. The zero-order chi connectivity index (χ0) is 17.1. The predicted molar refractivity (Wildman–Crippen MR) is 58.4 cm³/mol. The van der Waals surface area contributed by atoms with Crippen molar-refractivity contribution in [3.05, 3.63) is 17.5 Å². The van der Waals surface area contributed by atoms with E-state index in [1.54, 1.807) is 0 Å². The van der Waals surface area contributed by atoms with Gasteiger partial charge in [0.15, 0.2) is 17.2 Å². The minimum Gasteiger partial charge on any atom is -0.492 e. The summed E-state index contributed by atoms with van der Waals surface area (Å²) in [6.45, 7) is 1.09. The summed E-state index contributed by atoms with van der Waals surface area (Å²) in [5, 5.41) is 0. The number of hydrogen-bond acceptors (Lipinski definition) is 5. The summed E-state index contributed by atoms with van der Waals surface area (Å²) in [5.74, 6) is -4.09. The minimum atomic E-state index is -5.26. The van der Waals surface area contributed by atoms with Crippen molar-refractivity contribution in [3.8, 4) is 11.5 Å². The molecular formula is C11H9F6NO4. The highest BCUT2D eigenvalue weighted by Gasteiger charge is 2.43. The molecule has 0 fully saturated rings. The van der Waals surface area contributed by atoms with Crippen molar-refractivity contribution in [2.75, 3.05) is 13.7 Å². The summed E-state index contributed by atoms with van der Waals surface area (Å²) in [6, 6.07) is 0. The molecule has 0 aromatic carbocycles. The molecule has 0 saturated carbocycles. The van der Waals surface area contributed by atoms with E-state index in [9.17, 15) is 31.1 Å². The van der Waals surface area contributed by atoms with Crippen LogP contribution in [0.15, 0.2) is 6.20 Å². The third kappa shape index (κ3) is 4.15. The number of alkyl halides is 6. The largest absolute Gasteiger partial charge is 0.573 e. The quantitative estimate of drug-likeness (QED) is 0.626. The Kier molecular flexibility index (Phi) is 5.09. The molecule has 0 amide bonds. The first-order valence-electron chi connectivity index (χ1n) is 5.58. The van der Waals surface area contributed by atoms with Gasteiger partial charge < -0.3 is 14.2 Å². The molecule has 11 heteroatoms. The molecule has 5 nitrogen and oxygen atoms in total. The van der Waals surface area contributed by atoms with Gasteiger partial charge in [-0.15, -0.1) is 13.2 Å². The number of carbonyl (C=O) groups is 1. The van der Waals surface area contributed by atoms with Crippen LogP contribution in [0.5, 0.6) is 11.5 Å². The number of nitrogens with zero attached hydrogens (tertiary/aromatic N) is 1. The summed E-state index contributed by atoms with van der Waals surface area (Å²) in [4.78, 5) is 14.5. The smallest absolute Gasteiger partial charge is 0.492 e. The standard InChI is InChI=1S/C11H9F6NO4/c1-3-21-9(19)7-6(10(12,13)14)8(20-2)5(4-18-7)22-11(15,16)17/h4H,3H2,1-2H3. The van der Waals surface area contributed by atoms with E-state index in [0.29, 0.717) is 13.3 Å². The Bertz CT molecular complexity index is 555. The zero-order valence-corrected chi connectivity index (χ0v) is 11.1. The lowest BCUT2D eigenvalue weighted by Crippen LogP contribution is -2.22. The molecule has 0 spiro atoms. The van der Waals surface area contributed by atoms with Crippen LogP contribution in [0, 0.1) is 0 Å². The Morgan fingerprint density at radius 3 is 2.23 bits per heavy atom. The lowest BCUT2D eigenvalue weighted by Gasteiger charge is -2.18. The van der Waals surface area contributed by atoms with Crippen molar-refractivity contribution in [1.82, 2.24) is 4.98 Å². The Hall–Kier alpha value is -2.20. The summed E-state index contributed by atoms with van der Waals surface area (Å²) < 4.78 is 87.8. The molecule has 0 aliphatic rings. The molecule has 0 aliphatic heterocycles. The van der Waals surface area contributed by atoms with Gasteiger partial charge in [0.25, 0.3) is 0 Å². The van der Waals surface area contributed by atoms with Gasteiger partial charge in [-0.3, -0.25) is 0 Å². The van der Waals surface area contributed by atoms with Crippen LogP contribution in [-0.4, -0.2) is 31.0 Å². The van der Waals surface area contributed by atoms with Gasteiger partial charge in [-0.05, 0) is 6.92 Å². The average Bonchev–Trinajstić information content (AvgIpc) is 2.35. The van der Waals surface area contributed by atoms with Crippen molar-refractivity contribution in [1.29, 1.82) is 0 Å². The van der Waals surface area contributed by atoms with E-state index in [1.165, 1.54) is 6.92 Å². The first-order valence-corrected chi connectivity index (χ1v) is 5.58. The Morgan fingerprint density at radius 2 is 1.82 bits per heavy atom. The topological polar surface area (TPSA) is 57.7 Å². The van der Waals surface area contributed by atoms with Gasteiger partial charge in [-0.1, -0.05) is 0 Å². The fourth-order valence-electron chi connectivity index (χ4n) is 1.49. The van der Waals surface area contributed by atoms with Crippen molar-refractivity contribution in [2.45, 2.75) is 19.5 Å². The van der Waals surface area contributed by atoms with Gasteiger partial charge in [0.1, 0.15) is 5.56 Å². The van der Waals surface area contributed by atoms with Crippen LogP contribution in [-0.2, 0) is 10.9 Å². The molecule has 0 unspecified atom stereocenters. The van der Waals surface area contributed by atoms with Gasteiger partial charge >= 0.3 is 18.5 Å². The van der Waals surface area contributed by atoms with E-state index in [1.807, 2.05) is 0 Å². The highest BCUT2D eigenvalue weighted by Crippen LogP contribution is 2.44. The van der Waals surface area contributed by atoms with E-state index >= 15 is 0 Å². The molecule has 1 aromatic rings. The number of ether oxygens (including phenoxy) is 3. The Balaban J connectivity index is 3.54. The summed E-state index contributed by atoms with van der Waals surface area (Å²) in [7, 11) is 0.697. The van der Waals surface area contributed by atoms with E-state index in [-0.39, 0.29) is 6.61 Å². The highest BCUT2D eigenvalue weighted by atomic mass is 19.4. The van der Waals surface area contributed by atoms with E-state index in [2.05, 4.69) is 19.2 Å². The molecule has 1 heterocycles. The minimum absolute atomic E-state index is 0.249. The van der Waals surface area contributed by atoms with Crippen LogP contribution in [0.3, 0.4) is 0 Å². The maximum absolute atomic E-state index is 13.0. The van der Waals surface area contributed by atoms with E-state index < -0.39 is 41.3 Å². The molecule has 0 radical (unpaired) electrons. The maximum atomic E-state index is 13.0. The van der Waals surface area contributed by atoms with Gasteiger partial charge in [-0.25, -0.2) is 9.78 Å². The second kappa shape index (κ2) is 6.28. The van der Waals surface area contributed by atoms with Crippen LogP contribution in [0.25, 0.3) is 0 Å². The second-order valence-electron chi connectivity index (χ2n) is 3.65. The molecular weight excluding hydrogens is 324 g/mol. The average molecular weight is 333 g/mol. The number of carbonyl (C=O) groups excluding carboxylic acids is 1. The van der Waals surface area contributed by atoms with Crippen molar-refractivity contribution in [2.24, 2.45) is 0 Å². The lowest BCUT2D eigenvalue weighted by molar-refractivity contribution is -0.275. The Morgan fingerprint density at radius 1 is 1.23 bits per heavy atom. The summed E-state index contributed by atoms with van der Waals surface area (Å²) in [6.07, 6.45) is -10.2. The van der Waals surface area contributed by atoms with Crippen LogP contribution >= 0.6 is 0 Å². The summed E-state index contributed by atoms with van der Waals surface area (Å²) >= 11 is 0. The number of esters is 1. The third-order valence-corrected chi connectivity index (χ3v) is 2.18. The molecule has 22 heavy (non-hydrogen) atoms. The lowest BCUT2D eigenvalue weighted by atomic mass is 10.1. The number of methoxy groups -OCH3 is 1. The molecule has 1 rings (SSSR count). The third-order valence-electron chi connectivity index (χ3n) is 2.18. The number of aromatic nitrogens is 1. The predicted octanol–water partition coefficient (Wildman–Crippen LogP) is 3.18. The molecule has 1 aromatic heterocycles. The second-order valence-corrected chi connectivity index (χ2v) is 3.65. The molecule has 0 aliphatic carbocycles. The Labute approximate surface area is 119 Å². The number of halogens is 6. The van der Waals surface area contributed by atoms with Crippen LogP contribution in [0.1, 0.15) is 23.0 Å². The van der Waals surface area contributed by atoms with Crippen LogP contribution in [0.4, 0.5) is 26.3 Å².